The third-order valence-corrected chi connectivity index (χ3v) is 5.33. The number of pyridine rings is 1. The van der Waals surface area contributed by atoms with Gasteiger partial charge in [0.1, 0.15) is 11.4 Å². The van der Waals surface area contributed by atoms with Gasteiger partial charge < -0.3 is 20.1 Å². The quantitative estimate of drug-likeness (QED) is 0.562. The molecule has 8 nitrogen and oxygen atoms in total. The second-order valence-corrected chi connectivity index (χ2v) is 7.58. The Balaban J connectivity index is 0.000000968. The van der Waals surface area contributed by atoms with Crippen LogP contribution in [0.15, 0.2) is 36.7 Å². The minimum atomic E-state index is -4.45. The van der Waals surface area contributed by atoms with E-state index in [9.17, 15) is 13.2 Å². The fraction of sp³-hybridized carbons (Fsp3) is 0.364. The number of aromatic nitrogens is 3. The van der Waals surface area contributed by atoms with Gasteiger partial charge in [-0.15, -0.1) is 10.2 Å². The molecule has 0 bridgehead atoms. The topological polar surface area (TPSA) is 100 Å². The number of rotatable bonds is 4. The summed E-state index contributed by atoms with van der Waals surface area (Å²) in [7, 11) is 3.42. The zero-order valence-electron chi connectivity index (χ0n) is 18.1. The number of hydrogen-bond acceptors (Lipinski definition) is 7. The number of hydrogen-bond donors (Lipinski definition) is 2. The van der Waals surface area contributed by atoms with Crippen LogP contribution in [0.5, 0.6) is 5.75 Å². The highest BCUT2D eigenvalue weighted by Crippen LogP contribution is 2.39. The molecule has 0 aliphatic carbocycles. The molecular formula is C22H24F3N5O3. The summed E-state index contributed by atoms with van der Waals surface area (Å²) in [5, 5.41) is 20.5. The highest BCUT2D eigenvalue weighted by atomic mass is 19.4. The van der Waals surface area contributed by atoms with Gasteiger partial charge in [0.25, 0.3) is 6.47 Å². The molecule has 176 valence electrons. The smallest absolute Gasteiger partial charge is 0.416 e. The zero-order valence-corrected chi connectivity index (χ0v) is 18.1. The van der Waals surface area contributed by atoms with Crippen molar-refractivity contribution in [3.05, 3.63) is 42.2 Å². The van der Waals surface area contributed by atoms with Crippen LogP contribution in [0, 0.1) is 0 Å². The summed E-state index contributed by atoms with van der Waals surface area (Å²) in [4.78, 5) is 14.8. The molecule has 1 aliphatic rings. The van der Waals surface area contributed by atoms with Crippen molar-refractivity contribution in [2.75, 3.05) is 32.6 Å². The number of nitrogens with one attached hydrogen (secondary N) is 1. The predicted molar refractivity (Wildman–Crippen MR) is 117 cm³/mol. The average molecular weight is 463 g/mol. The summed E-state index contributed by atoms with van der Waals surface area (Å²) in [5.74, 6) is 0.708. The predicted octanol–water partition coefficient (Wildman–Crippen LogP) is 3.93. The van der Waals surface area contributed by atoms with Gasteiger partial charge in [0.2, 0.25) is 0 Å². The molecule has 1 saturated heterocycles. The standard InChI is InChI=1S/C21H22F3N5O.CH2O2/c1-29-9-3-4-14(12-29)26-20-17-11-25-8-7-15(17)19(27-28-20)16-6-5-13(21(22,23)24)10-18(16)30-2;2-1-3/h5-8,10-11,14H,3-4,9,12H2,1-2H3,(H,26,28);1H,(H,2,3)/t14-;/m1./s1. The highest BCUT2D eigenvalue weighted by Gasteiger charge is 2.31. The van der Waals surface area contributed by atoms with Gasteiger partial charge in [-0.1, -0.05) is 0 Å². The van der Waals surface area contributed by atoms with Crippen LogP contribution < -0.4 is 10.1 Å². The van der Waals surface area contributed by atoms with Crippen LogP contribution >= 0.6 is 0 Å². The summed E-state index contributed by atoms with van der Waals surface area (Å²) in [6.45, 7) is 1.72. The van der Waals surface area contributed by atoms with E-state index in [1.54, 1.807) is 18.5 Å². The molecule has 0 radical (unpaired) electrons. The van der Waals surface area contributed by atoms with Crippen LogP contribution in [0.2, 0.25) is 0 Å². The molecule has 1 aliphatic heterocycles. The maximum atomic E-state index is 13.1. The molecule has 4 rings (SSSR count). The van der Waals surface area contributed by atoms with Gasteiger partial charge in [0.15, 0.2) is 5.82 Å². The molecule has 1 atom stereocenters. The average Bonchev–Trinajstić information content (AvgIpc) is 2.79. The van der Waals surface area contributed by atoms with Crippen LogP contribution in [0.25, 0.3) is 22.0 Å². The van der Waals surface area contributed by atoms with Crippen molar-refractivity contribution in [3.8, 4) is 17.0 Å². The number of likely N-dealkylation sites (N-methyl/N-ethyl adjacent to an activating group) is 1. The van der Waals surface area contributed by atoms with E-state index in [-0.39, 0.29) is 18.3 Å². The van der Waals surface area contributed by atoms with Gasteiger partial charge in [-0.25, -0.2) is 0 Å². The first-order valence-corrected chi connectivity index (χ1v) is 10.2. The van der Waals surface area contributed by atoms with Crippen LogP contribution in [0.1, 0.15) is 18.4 Å². The summed E-state index contributed by atoms with van der Waals surface area (Å²) in [5.41, 5.74) is 0.115. The van der Waals surface area contributed by atoms with Crippen LogP contribution in [0.3, 0.4) is 0 Å². The van der Waals surface area contributed by atoms with Crippen molar-refractivity contribution < 1.29 is 27.8 Å². The van der Waals surface area contributed by atoms with E-state index in [0.29, 0.717) is 17.1 Å². The Morgan fingerprint density at radius 1 is 1.24 bits per heavy atom. The second kappa shape index (κ2) is 10.4. The Morgan fingerprint density at radius 2 is 2.00 bits per heavy atom. The highest BCUT2D eigenvalue weighted by molar-refractivity contribution is 6.00. The van der Waals surface area contributed by atoms with Crippen LogP contribution in [-0.2, 0) is 11.0 Å². The minimum Gasteiger partial charge on any atom is -0.496 e. The van der Waals surface area contributed by atoms with E-state index in [1.807, 2.05) is 0 Å². The monoisotopic (exact) mass is 463 g/mol. The number of nitrogens with zero attached hydrogens (tertiary/aromatic N) is 4. The van der Waals surface area contributed by atoms with Crippen molar-refractivity contribution in [2.45, 2.75) is 25.1 Å². The SMILES string of the molecule is COc1cc(C(F)(F)F)ccc1-c1nnc(N[C@@H]2CCCN(C)C2)c2cnccc12.O=CO. The molecule has 33 heavy (non-hydrogen) atoms. The largest absolute Gasteiger partial charge is 0.496 e. The number of anilines is 1. The Morgan fingerprint density at radius 3 is 2.67 bits per heavy atom. The Bertz CT molecular complexity index is 1110. The maximum Gasteiger partial charge on any atom is 0.416 e. The maximum absolute atomic E-state index is 13.1. The molecule has 0 amide bonds. The lowest BCUT2D eigenvalue weighted by Crippen LogP contribution is -2.40. The number of carbonyl (C=O) groups is 1. The third-order valence-electron chi connectivity index (χ3n) is 5.33. The molecule has 2 aromatic heterocycles. The summed E-state index contributed by atoms with van der Waals surface area (Å²) in [6.07, 6.45) is 0.993. The van der Waals surface area contributed by atoms with Crippen molar-refractivity contribution in [1.82, 2.24) is 20.1 Å². The van der Waals surface area contributed by atoms with Gasteiger partial charge in [0, 0.05) is 41.3 Å². The van der Waals surface area contributed by atoms with Gasteiger partial charge in [0.05, 0.1) is 12.7 Å². The van der Waals surface area contributed by atoms with Crippen molar-refractivity contribution in [1.29, 1.82) is 0 Å². The summed E-state index contributed by atoms with van der Waals surface area (Å²) < 4.78 is 44.5. The van der Waals surface area contributed by atoms with Gasteiger partial charge in [-0.2, -0.15) is 13.2 Å². The molecule has 2 N–H and O–H groups in total. The van der Waals surface area contributed by atoms with Crippen LogP contribution in [-0.4, -0.2) is 64.9 Å². The molecule has 0 spiro atoms. The van der Waals surface area contributed by atoms with Crippen molar-refractivity contribution in [3.63, 3.8) is 0 Å². The molecule has 1 aromatic carbocycles. The lowest BCUT2D eigenvalue weighted by atomic mass is 10.0. The number of likely N-dealkylation sites (tertiary alicyclic amines) is 1. The van der Waals surface area contributed by atoms with Gasteiger partial charge in [-0.3, -0.25) is 9.78 Å². The number of ether oxygens (including phenoxy) is 1. The number of halogens is 3. The Kier molecular flexibility index (Phi) is 7.64. The third kappa shape index (κ3) is 5.67. The second-order valence-electron chi connectivity index (χ2n) is 7.58. The number of carboxylic acid groups (broad SMARTS) is 1. The normalized spacial score (nSPS) is 16.6. The van der Waals surface area contributed by atoms with E-state index in [0.717, 1.165) is 48.8 Å². The van der Waals surface area contributed by atoms with Gasteiger partial charge in [-0.05, 0) is 50.7 Å². The lowest BCUT2D eigenvalue weighted by molar-refractivity contribution is -0.137. The molecule has 1 fully saturated rings. The summed E-state index contributed by atoms with van der Waals surface area (Å²) >= 11 is 0. The number of piperidine rings is 1. The molecular weight excluding hydrogens is 439 g/mol. The van der Waals surface area contributed by atoms with E-state index in [1.165, 1.54) is 13.2 Å². The molecule has 0 saturated carbocycles. The molecule has 3 aromatic rings. The number of benzene rings is 1. The lowest BCUT2D eigenvalue weighted by Gasteiger charge is -2.30. The van der Waals surface area contributed by atoms with Crippen LogP contribution in [0.4, 0.5) is 19.0 Å². The fourth-order valence-electron chi connectivity index (χ4n) is 3.84. The van der Waals surface area contributed by atoms with E-state index >= 15 is 0 Å². The molecule has 3 heterocycles. The van der Waals surface area contributed by atoms with Gasteiger partial charge >= 0.3 is 6.18 Å². The van der Waals surface area contributed by atoms with E-state index < -0.39 is 11.7 Å². The first kappa shape index (κ1) is 24.2. The fourth-order valence-corrected chi connectivity index (χ4v) is 3.84. The van der Waals surface area contributed by atoms with E-state index in [4.69, 9.17) is 14.6 Å². The van der Waals surface area contributed by atoms with E-state index in [2.05, 4.69) is 32.4 Å². The zero-order chi connectivity index (χ0) is 24.0. The first-order valence-electron chi connectivity index (χ1n) is 10.2. The van der Waals surface area contributed by atoms with Crippen molar-refractivity contribution in [2.24, 2.45) is 0 Å². The Hall–Kier alpha value is -3.47. The number of alkyl halides is 3. The summed E-state index contributed by atoms with van der Waals surface area (Å²) in [6, 6.07) is 5.40. The Labute approximate surface area is 188 Å². The first-order chi connectivity index (χ1) is 15.8. The van der Waals surface area contributed by atoms with Crippen molar-refractivity contribution >= 4 is 23.1 Å². The molecule has 0 unspecified atom stereocenters. The number of methoxy groups -OCH3 is 1. The minimum absolute atomic E-state index is 0.0897. The number of fused-ring (bicyclic) bond motifs is 1. The molecule has 11 heteroatoms.